The van der Waals surface area contributed by atoms with Gasteiger partial charge in [0, 0.05) is 24.8 Å². The summed E-state index contributed by atoms with van der Waals surface area (Å²) >= 11 is 0. The Morgan fingerprint density at radius 1 is 1.00 bits per heavy atom. The summed E-state index contributed by atoms with van der Waals surface area (Å²) in [5.74, 6) is 2.47. The summed E-state index contributed by atoms with van der Waals surface area (Å²) in [7, 11) is 0. The molecule has 8 heteroatoms. The van der Waals surface area contributed by atoms with Gasteiger partial charge in [-0.05, 0) is 122 Å². The number of ether oxygens (including phenoxy) is 3. The highest BCUT2D eigenvalue weighted by Crippen LogP contribution is 2.89. The highest BCUT2D eigenvalue weighted by molar-refractivity contribution is 5.76. The summed E-state index contributed by atoms with van der Waals surface area (Å²) in [6.45, 7) is 14.0. The fourth-order valence-electron chi connectivity index (χ4n) is 13.9. The molecule has 0 radical (unpaired) electrons. The topological polar surface area (TPSA) is 111 Å². The van der Waals surface area contributed by atoms with Gasteiger partial charge in [-0.2, -0.15) is 0 Å². The Bertz CT molecular complexity index is 1250. The predicted octanol–water partition coefficient (Wildman–Crippen LogP) is 5.44. The Labute approximate surface area is 276 Å². The fraction of sp³-hybridized carbons (Fsp3) is 0.947. The van der Waals surface area contributed by atoms with Gasteiger partial charge < -0.3 is 30.0 Å². The zero-order valence-electron chi connectivity index (χ0n) is 29.1. The van der Waals surface area contributed by atoms with Gasteiger partial charge >= 0.3 is 0 Å². The van der Waals surface area contributed by atoms with Crippen molar-refractivity contribution in [1.82, 2.24) is 4.90 Å². The lowest BCUT2D eigenvalue weighted by Gasteiger charge is -2.64. The van der Waals surface area contributed by atoms with Crippen molar-refractivity contribution in [3.63, 3.8) is 0 Å². The van der Waals surface area contributed by atoms with E-state index in [2.05, 4.69) is 34.6 Å². The van der Waals surface area contributed by atoms with Crippen molar-refractivity contribution in [3.8, 4) is 0 Å². The first-order valence-electron chi connectivity index (χ1n) is 18.9. The number of primary amides is 1. The Morgan fingerprint density at radius 2 is 1.74 bits per heavy atom. The minimum atomic E-state index is -0.487. The molecule has 2 spiro atoms. The molecule has 46 heavy (non-hydrogen) atoms. The third kappa shape index (κ3) is 4.37. The second-order valence-electron chi connectivity index (χ2n) is 18.6. The van der Waals surface area contributed by atoms with Crippen LogP contribution in [0.3, 0.4) is 0 Å². The monoisotopic (exact) mass is 640 g/mol. The SMILES string of the molecule is C[C@@H]1C[C@H](CCC(N)=O)O[C@H]2C1[C@@]1(C)CC[C@@]34CC35CCC(OC3CN(C(=O)CC6CC6)CCO3)C(C)(C)[C@@H]5CC[C@H]4[C@]1(C)[C@H]2O. The van der Waals surface area contributed by atoms with Gasteiger partial charge in [0.2, 0.25) is 11.8 Å². The first-order chi connectivity index (χ1) is 21.8. The Morgan fingerprint density at radius 3 is 2.48 bits per heavy atom. The molecule has 0 aromatic carbocycles. The summed E-state index contributed by atoms with van der Waals surface area (Å²) < 4.78 is 19.7. The number of nitrogens with zero attached hydrogens (tertiary/aromatic N) is 1. The molecule has 4 unspecified atom stereocenters. The molecule has 8 nitrogen and oxygen atoms in total. The van der Waals surface area contributed by atoms with E-state index < -0.39 is 6.10 Å². The van der Waals surface area contributed by atoms with Crippen LogP contribution in [-0.4, -0.2) is 72.2 Å². The highest BCUT2D eigenvalue weighted by Gasteiger charge is 2.84. The molecule has 3 N–H and O–H groups in total. The van der Waals surface area contributed by atoms with Gasteiger partial charge in [0.15, 0.2) is 6.29 Å². The van der Waals surface area contributed by atoms with Gasteiger partial charge in [-0.3, -0.25) is 9.59 Å². The Hall–Kier alpha value is -1.22. The standard InChI is InChI=1S/C38H60N2O6/c1-22-18-24(8-11-28(39)41)45-32-31(22)35(4)14-15-38-21-37(38)13-12-27(34(2,3)25(37)9-10-26(38)36(35,5)33(32)43)46-30-20-40(16-17-44-30)29(42)19-23-6-7-23/h22-27,30-33,43H,6-21H2,1-5H3,(H2,39,41)/t22-,24+,25+,26+,27?,30?,31?,32+,33+,35-,36-,37?,38+/m1/s1. The van der Waals surface area contributed by atoms with Crippen LogP contribution in [0.15, 0.2) is 0 Å². The van der Waals surface area contributed by atoms with E-state index in [1.165, 1.54) is 38.5 Å². The van der Waals surface area contributed by atoms with E-state index in [9.17, 15) is 14.7 Å². The van der Waals surface area contributed by atoms with E-state index in [-0.39, 0.29) is 52.7 Å². The number of aliphatic hydroxyl groups is 1. The minimum absolute atomic E-state index is 0.00432. The maximum absolute atomic E-state index is 12.9. The lowest BCUT2D eigenvalue weighted by Crippen LogP contribution is -2.60. The predicted molar refractivity (Wildman–Crippen MR) is 173 cm³/mol. The highest BCUT2D eigenvalue weighted by atomic mass is 16.7. The van der Waals surface area contributed by atoms with Crippen LogP contribution in [0, 0.1) is 56.7 Å². The molecule has 0 bridgehead atoms. The lowest BCUT2D eigenvalue weighted by molar-refractivity contribution is -0.248. The molecule has 2 aliphatic heterocycles. The van der Waals surface area contributed by atoms with Crippen LogP contribution in [0.25, 0.3) is 0 Å². The third-order valence-electron chi connectivity index (χ3n) is 16.4. The van der Waals surface area contributed by atoms with Gasteiger partial charge in [-0.1, -0.05) is 34.6 Å². The fourth-order valence-corrected chi connectivity index (χ4v) is 13.9. The van der Waals surface area contributed by atoms with E-state index in [1.807, 2.05) is 4.90 Å². The Kier molecular flexibility index (Phi) is 7.40. The molecule has 0 aromatic heterocycles. The first-order valence-corrected chi connectivity index (χ1v) is 18.9. The summed E-state index contributed by atoms with van der Waals surface area (Å²) in [4.78, 5) is 26.4. The van der Waals surface area contributed by atoms with Gasteiger partial charge in [0.05, 0.1) is 37.6 Å². The maximum Gasteiger partial charge on any atom is 0.223 e. The van der Waals surface area contributed by atoms with E-state index in [0.717, 1.165) is 25.7 Å². The van der Waals surface area contributed by atoms with Crippen LogP contribution in [0.5, 0.6) is 0 Å². The summed E-state index contributed by atoms with van der Waals surface area (Å²) in [6, 6.07) is 0. The normalized spacial score (nSPS) is 52.0. The number of carbonyl (C=O) groups is 2. The van der Waals surface area contributed by atoms with Crippen LogP contribution >= 0.6 is 0 Å². The smallest absolute Gasteiger partial charge is 0.223 e. The molecule has 0 aromatic rings. The molecule has 8 fully saturated rings. The zero-order chi connectivity index (χ0) is 32.4. The van der Waals surface area contributed by atoms with E-state index in [1.54, 1.807) is 0 Å². The number of aliphatic hydroxyl groups excluding tert-OH is 1. The first kappa shape index (κ1) is 32.0. The van der Waals surface area contributed by atoms with Crippen molar-refractivity contribution in [1.29, 1.82) is 0 Å². The maximum atomic E-state index is 12.9. The molecular weight excluding hydrogens is 580 g/mol. The van der Waals surface area contributed by atoms with Crippen LogP contribution in [0.1, 0.15) is 118 Å². The minimum Gasteiger partial charge on any atom is -0.390 e. The second-order valence-corrected chi connectivity index (χ2v) is 18.6. The number of morpholine rings is 1. The van der Waals surface area contributed by atoms with Gasteiger partial charge in [0.1, 0.15) is 0 Å². The molecule has 258 valence electrons. The zero-order valence-corrected chi connectivity index (χ0v) is 29.1. The molecule has 6 aliphatic carbocycles. The second kappa shape index (κ2) is 10.6. The number of carbonyl (C=O) groups excluding carboxylic acids is 2. The Balaban J connectivity index is 0.995. The number of nitrogens with two attached hydrogens (primary N) is 1. The molecule has 2 saturated heterocycles. The van der Waals surface area contributed by atoms with Crippen molar-refractivity contribution in [2.24, 2.45) is 62.4 Å². The van der Waals surface area contributed by atoms with Crippen molar-refractivity contribution in [3.05, 3.63) is 0 Å². The average molecular weight is 641 g/mol. The molecule has 2 amide bonds. The summed E-state index contributed by atoms with van der Waals surface area (Å²) in [6.07, 6.45) is 12.4. The van der Waals surface area contributed by atoms with Crippen molar-refractivity contribution in [2.45, 2.75) is 149 Å². The molecule has 8 aliphatic rings. The van der Waals surface area contributed by atoms with Crippen LogP contribution in [0.4, 0.5) is 0 Å². The molecule has 6 saturated carbocycles. The van der Waals surface area contributed by atoms with Gasteiger partial charge in [-0.15, -0.1) is 0 Å². The van der Waals surface area contributed by atoms with E-state index in [0.29, 0.717) is 79.4 Å². The van der Waals surface area contributed by atoms with Crippen LogP contribution < -0.4 is 5.73 Å². The van der Waals surface area contributed by atoms with Crippen molar-refractivity contribution < 1.29 is 28.9 Å². The van der Waals surface area contributed by atoms with E-state index >= 15 is 0 Å². The third-order valence-corrected chi connectivity index (χ3v) is 16.4. The van der Waals surface area contributed by atoms with Crippen molar-refractivity contribution in [2.75, 3.05) is 19.7 Å². The van der Waals surface area contributed by atoms with E-state index in [4.69, 9.17) is 19.9 Å². The number of fused-ring (bicyclic) bond motifs is 4. The number of hydrogen-bond donors (Lipinski definition) is 2. The summed E-state index contributed by atoms with van der Waals surface area (Å²) in [5, 5.41) is 12.4. The largest absolute Gasteiger partial charge is 0.390 e. The molecule has 8 rings (SSSR count). The van der Waals surface area contributed by atoms with Gasteiger partial charge in [-0.25, -0.2) is 0 Å². The van der Waals surface area contributed by atoms with Crippen molar-refractivity contribution >= 4 is 11.8 Å². The molecular formula is C38H60N2O6. The quantitative estimate of drug-likeness (QED) is 0.384. The summed E-state index contributed by atoms with van der Waals surface area (Å²) in [5.41, 5.74) is 5.98. The average Bonchev–Trinajstić information content (AvgIpc) is 3.93. The van der Waals surface area contributed by atoms with Gasteiger partial charge in [0.25, 0.3) is 0 Å². The number of hydrogen-bond acceptors (Lipinski definition) is 6. The lowest BCUT2D eigenvalue weighted by atomic mass is 9.41. The molecule has 13 atom stereocenters. The number of amides is 2. The van der Waals surface area contributed by atoms with Crippen LogP contribution in [-0.2, 0) is 23.8 Å². The van der Waals surface area contributed by atoms with Crippen LogP contribution in [0.2, 0.25) is 0 Å². The number of rotatable bonds is 7. The molecule has 2 heterocycles.